The zero-order valence-electron chi connectivity index (χ0n) is 20.0. The SMILES string of the molecule is Cc1ccc(S(=O)(=O)N/N=C2\C(=O)N(c3ccc(Cl)cc3C)C(=O)C(=O)[C@H]2c2nc3ccccc3s2)cc1. The average molecular weight is 567 g/mol. The fourth-order valence-electron chi connectivity index (χ4n) is 4.01. The third-order valence-electron chi connectivity index (χ3n) is 5.95. The number of carbonyl (C=O) groups is 3. The summed E-state index contributed by atoms with van der Waals surface area (Å²) < 4.78 is 26.6. The number of Topliss-reactive ketones (excluding diaryl/α,β-unsaturated/α-hetero) is 1. The summed E-state index contributed by atoms with van der Waals surface area (Å²) >= 11 is 7.15. The first-order valence-corrected chi connectivity index (χ1v) is 13.9. The Kier molecular flexibility index (Phi) is 6.59. The number of imide groups is 1. The number of nitrogens with zero attached hydrogens (tertiary/aromatic N) is 3. The number of piperidine rings is 1. The number of nitrogens with one attached hydrogen (secondary N) is 1. The molecule has 2 amide bonds. The van der Waals surface area contributed by atoms with Gasteiger partial charge in [0.1, 0.15) is 16.6 Å². The van der Waals surface area contributed by atoms with E-state index in [9.17, 15) is 22.8 Å². The predicted molar refractivity (Wildman–Crippen MR) is 145 cm³/mol. The molecule has 0 saturated carbocycles. The Bertz CT molecular complexity index is 1730. The van der Waals surface area contributed by atoms with Gasteiger partial charge in [0.05, 0.1) is 20.8 Å². The number of anilines is 1. The van der Waals surface area contributed by atoms with Gasteiger partial charge in [0, 0.05) is 5.02 Å². The molecule has 9 nitrogen and oxygen atoms in total. The number of hydrogen-bond acceptors (Lipinski definition) is 8. The van der Waals surface area contributed by atoms with Crippen molar-refractivity contribution in [2.24, 2.45) is 5.10 Å². The second kappa shape index (κ2) is 9.75. The highest BCUT2D eigenvalue weighted by atomic mass is 35.5. The van der Waals surface area contributed by atoms with Crippen LogP contribution in [0.4, 0.5) is 5.69 Å². The number of sulfonamides is 1. The highest BCUT2D eigenvalue weighted by Crippen LogP contribution is 2.35. The molecular weight excluding hydrogens is 548 g/mol. The molecule has 0 radical (unpaired) electrons. The summed E-state index contributed by atoms with van der Waals surface area (Å²) in [4.78, 5) is 47.6. The molecule has 1 atom stereocenters. The van der Waals surface area contributed by atoms with E-state index in [1.807, 2.05) is 6.92 Å². The summed E-state index contributed by atoms with van der Waals surface area (Å²) in [5.74, 6) is -4.48. The van der Waals surface area contributed by atoms with Crippen molar-refractivity contribution in [1.82, 2.24) is 9.82 Å². The number of rotatable bonds is 5. The van der Waals surface area contributed by atoms with E-state index < -0.39 is 39.3 Å². The molecule has 1 aliphatic rings. The first kappa shape index (κ1) is 25.7. The van der Waals surface area contributed by atoms with Gasteiger partial charge < -0.3 is 0 Å². The van der Waals surface area contributed by atoms with Gasteiger partial charge in [0.15, 0.2) is 0 Å². The van der Waals surface area contributed by atoms with Gasteiger partial charge in [0.2, 0.25) is 5.78 Å². The summed E-state index contributed by atoms with van der Waals surface area (Å²) in [6, 6.07) is 17.5. The Hall–Kier alpha value is -3.93. The molecule has 192 valence electrons. The molecule has 1 aromatic heterocycles. The average Bonchev–Trinajstić information content (AvgIpc) is 3.30. The first-order chi connectivity index (χ1) is 18.1. The van der Waals surface area contributed by atoms with Crippen LogP contribution in [-0.2, 0) is 24.4 Å². The van der Waals surface area contributed by atoms with Crippen molar-refractivity contribution in [2.45, 2.75) is 24.7 Å². The number of hydrogen-bond donors (Lipinski definition) is 1. The van der Waals surface area contributed by atoms with Gasteiger partial charge in [-0.3, -0.25) is 14.4 Å². The summed E-state index contributed by atoms with van der Waals surface area (Å²) in [6.45, 7) is 3.44. The van der Waals surface area contributed by atoms with Crippen LogP contribution < -0.4 is 9.73 Å². The maximum absolute atomic E-state index is 13.7. The fraction of sp³-hybridized carbons (Fsp3) is 0.115. The predicted octanol–water partition coefficient (Wildman–Crippen LogP) is 4.13. The normalized spacial score (nSPS) is 17.4. The summed E-state index contributed by atoms with van der Waals surface area (Å²) in [7, 11) is -4.20. The number of benzene rings is 3. The number of thiazole rings is 1. The molecule has 0 spiro atoms. The fourth-order valence-corrected chi connectivity index (χ4v) is 6.13. The van der Waals surface area contributed by atoms with Crippen molar-refractivity contribution in [2.75, 3.05) is 4.90 Å². The second-order valence-electron chi connectivity index (χ2n) is 8.60. The molecule has 38 heavy (non-hydrogen) atoms. The van der Waals surface area contributed by atoms with Gasteiger partial charge in [-0.25, -0.2) is 9.88 Å². The van der Waals surface area contributed by atoms with Gasteiger partial charge in [-0.05, 0) is 61.9 Å². The second-order valence-corrected chi connectivity index (χ2v) is 11.8. The van der Waals surface area contributed by atoms with E-state index in [1.54, 1.807) is 49.4 Å². The minimum absolute atomic E-state index is 0.0833. The summed E-state index contributed by atoms with van der Waals surface area (Å²) in [5.41, 5.74) is 1.54. The van der Waals surface area contributed by atoms with Crippen molar-refractivity contribution in [1.29, 1.82) is 0 Å². The van der Waals surface area contributed by atoms with Gasteiger partial charge >= 0.3 is 5.91 Å². The molecule has 3 aromatic carbocycles. The largest absolute Gasteiger partial charge is 0.302 e. The monoisotopic (exact) mass is 566 g/mol. The summed E-state index contributed by atoms with van der Waals surface area (Å²) in [6.07, 6.45) is 0. The molecule has 1 saturated heterocycles. The van der Waals surface area contributed by atoms with E-state index in [0.29, 0.717) is 21.0 Å². The van der Waals surface area contributed by atoms with E-state index >= 15 is 0 Å². The third-order valence-corrected chi connectivity index (χ3v) is 8.51. The Balaban J connectivity index is 1.63. The molecule has 12 heteroatoms. The van der Waals surface area contributed by atoms with Crippen LogP contribution in [-0.4, -0.2) is 36.7 Å². The van der Waals surface area contributed by atoms with Gasteiger partial charge in [-0.15, -0.1) is 11.3 Å². The third kappa shape index (κ3) is 4.60. The molecule has 1 N–H and O–H groups in total. The number of amides is 2. The van der Waals surface area contributed by atoms with Gasteiger partial charge in [0.25, 0.3) is 15.9 Å². The van der Waals surface area contributed by atoms with Crippen molar-refractivity contribution in [3.8, 4) is 0 Å². The van der Waals surface area contributed by atoms with Crippen molar-refractivity contribution in [3.63, 3.8) is 0 Å². The van der Waals surface area contributed by atoms with E-state index in [0.717, 1.165) is 21.6 Å². The molecular formula is C26H19ClN4O5S2. The summed E-state index contributed by atoms with van der Waals surface area (Å²) in [5, 5.41) is 4.45. The van der Waals surface area contributed by atoms with Crippen LogP contribution in [0.15, 0.2) is 76.7 Å². The van der Waals surface area contributed by atoms with Crippen LogP contribution in [0, 0.1) is 13.8 Å². The lowest BCUT2D eigenvalue weighted by Crippen LogP contribution is -2.55. The Morgan fingerprint density at radius 1 is 0.974 bits per heavy atom. The van der Waals surface area contributed by atoms with E-state index in [4.69, 9.17) is 11.6 Å². The maximum Gasteiger partial charge on any atom is 0.302 e. The Morgan fingerprint density at radius 3 is 2.37 bits per heavy atom. The molecule has 2 heterocycles. The van der Waals surface area contributed by atoms with Crippen LogP contribution in [0.5, 0.6) is 0 Å². The minimum Gasteiger partial charge on any atom is -0.287 e. The van der Waals surface area contributed by atoms with Crippen LogP contribution in [0.1, 0.15) is 22.1 Å². The quantitative estimate of drug-likeness (QED) is 0.220. The van der Waals surface area contributed by atoms with Crippen LogP contribution >= 0.6 is 22.9 Å². The Labute approximate surface area is 226 Å². The van der Waals surface area contributed by atoms with Crippen molar-refractivity contribution in [3.05, 3.63) is 87.9 Å². The van der Waals surface area contributed by atoms with Crippen molar-refractivity contribution >= 4 is 72.2 Å². The molecule has 0 aliphatic carbocycles. The molecule has 1 fully saturated rings. The molecule has 1 aliphatic heterocycles. The highest BCUT2D eigenvalue weighted by Gasteiger charge is 2.49. The van der Waals surface area contributed by atoms with Crippen molar-refractivity contribution < 1.29 is 22.8 Å². The van der Waals surface area contributed by atoms with Crippen LogP contribution in [0.25, 0.3) is 10.2 Å². The molecule has 0 bridgehead atoms. The Morgan fingerprint density at radius 2 is 1.68 bits per heavy atom. The van der Waals surface area contributed by atoms with Gasteiger partial charge in [-0.2, -0.15) is 18.4 Å². The number of halogens is 1. The number of ketones is 1. The minimum atomic E-state index is -4.20. The lowest BCUT2D eigenvalue weighted by molar-refractivity contribution is -0.139. The smallest absolute Gasteiger partial charge is 0.287 e. The van der Waals surface area contributed by atoms with Gasteiger partial charge in [-0.1, -0.05) is 41.4 Å². The number of carbonyl (C=O) groups excluding carboxylic acids is 3. The number of hydrazone groups is 1. The highest BCUT2D eigenvalue weighted by molar-refractivity contribution is 7.89. The number of aryl methyl sites for hydroxylation is 2. The lowest BCUT2D eigenvalue weighted by Gasteiger charge is -2.30. The molecule has 4 aromatic rings. The van der Waals surface area contributed by atoms with E-state index in [-0.39, 0.29) is 15.6 Å². The number of fused-ring (bicyclic) bond motifs is 1. The topological polar surface area (TPSA) is 126 Å². The van der Waals surface area contributed by atoms with E-state index in [1.165, 1.54) is 24.3 Å². The van der Waals surface area contributed by atoms with Crippen LogP contribution in [0.2, 0.25) is 5.02 Å². The zero-order chi connectivity index (χ0) is 27.2. The van der Waals surface area contributed by atoms with E-state index in [2.05, 4.69) is 14.9 Å². The number of para-hydroxylation sites is 1. The number of aromatic nitrogens is 1. The lowest BCUT2D eigenvalue weighted by atomic mass is 9.91. The first-order valence-electron chi connectivity index (χ1n) is 11.3. The molecule has 0 unspecified atom stereocenters. The standard InChI is InChI=1S/C26H19ClN4O5S2/c1-14-7-10-17(11-8-14)38(35,36)30-29-22-21(24-28-18-5-3-4-6-20(18)37-24)23(32)26(34)31(25(22)33)19-12-9-16(27)13-15(19)2/h3-13,21,30H,1-2H3/b29-22-/t21-/m0/s1. The van der Waals surface area contributed by atoms with Crippen LogP contribution in [0.3, 0.4) is 0 Å². The zero-order valence-corrected chi connectivity index (χ0v) is 22.4. The molecule has 5 rings (SSSR count). The maximum atomic E-state index is 13.7.